The topological polar surface area (TPSA) is 0 Å². The molecule has 58 valence electrons. The fourth-order valence-corrected chi connectivity index (χ4v) is 3.24. The molecule has 0 nitrogen and oxygen atoms in total. The molecular weight excluding hydrogens is 120 g/mol. The molecule has 0 N–H and O–H groups in total. The quantitative estimate of drug-likeness (QED) is 0.522. The molecule has 0 spiro atoms. The van der Waals surface area contributed by atoms with Crippen LogP contribution < -0.4 is 0 Å². The summed E-state index contributed by atoms with van der Waals surface area (Å²) >= 11 is 0. The van der Waals surface area contributed by atoms with E-state index in [9.17, 15) is 0 Å². The maximum absolute atomic E-state index is 2.45. The van der Waals surface area contributed by atoms with Gasteiger partial charge in [-0.05, 0) is 42.9 Å². The van der Waals surface area contributed by atoms with E-state index >= 15 is 0 Å². The maximum Gasteiger partial charge on any atom is -0.0295 e. The van der Waals surface area contributed by atoms with E-state index in [1.54, 1.807) is 12.8 Å². The normalized spacial score (nSPS) is 52.2. The lowest BCUT2D eigenvalue weighted by Gasteiger charge is -2.26. The molecule has 3 unspecified atom stereocenters. The molecule has 0 heterocycles. The lowest BCUT2D eigenvalue weighted by atomic mass is 9.79. The summed E-state index contributed by atoms with van der Waals surface area (Å²) in [6.45, 7) is 4.82. The van der Waals surface area contributed by atoms with Gasteiger partial charge in [0.15, 0.2) is 0 Å². The minimum atomic E-state index is 0.823. The summed E-state index contributed by atoms with van der Waals surface area (Å²) in [7, 11) is 0. The second kappa shape index (κ2) is 1.99. The predicted molar refractivity (Wildman–Crippen MR) is 43.8 cm³/mol. The first-order valence-corrected chi connectivity index (χ1v) is 4.76. The van der Waals surface area contributed by atoms with Crippen LogP contribution in [0.4, 0.5) is 0 Å². The Kier molecular flexibility index (Phi) is 1.33. The Morgan fingerprint density at radius 1 is 1.40 bits per heavy atom. The summed E-state index contributed by atoms with van der Waals surface area (Å²) in [6, 6.07) is 0. The van der Waals surface area contributed by atoms with Gasteiger partial charge in [-0.15, -0.1) is 0 Å². The van der Waals surface area contributed by atoms with Gasteiger partial charge in [0.25, 0.3) is 0 Å². The zero-order valence-corrected chi connectivity index (χ0v) is 7.19. The molecular formula is C10H18. The van der Waals surface area contributed by atoms with Crippen molar-refractivity contribution in [3.05, 3.63) is 0 Å². The van der Waals surface area contributed by atoms with Crippen LogP contribution in [0.5, 0.6) is 0 Å². The van der Waals surface area contributed by atoms with Crippen molar-refractivity contribution >= 4 is 0 Å². The molecule has 2 rings (SSSR count). The lowest BCUT2D eigenvalue weighted by Crippen LogP contribution is -2.15. The molecule has 2 aliphatic carbocycles. The van der Waals surface area contributed by atoms with E-state index in [1.807, 2.05) is 0 Å². The second-order valence-electron chi connectivity index (χ2n) is 4.54. The summed E-state index contributed by atoms with van der Waals surface area (Å²) in [6.07, 6.45) is 7.61. The Bertz CT molecular complexity index is 135. The first-order valence-electron chi connectivity index (χ1n) is 4.76. The highest BCUT2D eigenvalue weighted by molar-refractivity contribution is 4.97. The summed E-state index contributed by atoms with van der Waals surface area (Å²) < 4.78 is 0. The van der Waals surface area contributed by atoms with Crippen molar-refractivity contribution in [2.24, 2.45) is 17.3 Å². The highest BCUT2D eigenvalue weighted by Gasteiger charge is 2.47. The highest BCUT2D eigenvalue weighted by atomic mass is 14.5. The van der Waals surface area contributed by atoms with Gasteiger partial charge in [-0.1, -0.05) is 20.3 Å². The Morgan fingerprint density at radius 3 is 2.50 bits per heavy atom. The van der Waals surface area contributed by atoms with Crippen LogP contribution in [0.2, 0.25) is 0 Å². The Balaban J connectivity index is 2.14. The molecule has 2 fully saturated rings. The van der Waals surface area contributed by atoms with Crippen molar-refractivity contribution in [3.63, 3.8) is 0 Å². The minimum absolute atomic E-state index is 0.823. The SMILES string of the molecule is CCC12CCC(C1)C(C)C2. The van der Waals surface area contributed by atoms with E-state index in [2.05, 4.69) is 13.8 Å². The van der Waals surface area contributed by atoms with Crippen LogP contribution in [0.3, 0.4) is 0 Å². The van der Waals surface area contributed by atoms with Crippen molar-refractivity contribution in [2.75, 3.05) is 0 Å². The average Bonchev–Trinajstić information content (AvgIpc) is 2.45. The molecule has 0 aromatic rings. The van der Waals surface area contributed by atoms with E-state index in [4.69, 9.17) is 0 Å². The number of hydrogen-bond donors (Lipinski definition) is 0. The second-order valence-corrected chi connectivity index (χ2v) is 4.54. The van der Waals surface area contributed by atoms with Gasteiger partial charge in [-0.2, -0.15) is 0 Å². The molecule has 2 aliphatic rings. The van der Waals surface area contributed by atoms with Gasteiger partial charge < -0.3 is 0 Å². The van der Waals surface area contributed by atoms with Crippen molar-refractivity contribution in [1.82, 2.24) is 0 Å². The lowest BCUT2D eigenvalue weighted by molar-refractivity contribution is 0.247. The summed E-state index contributed by atoms with van der Waals surface area (Å²) in [5, 5.41) is 0. The summed E-state index contributed by atoms with van der Waals surface area (Å²) in [5.74, 6) is 2.16. The Labute approximate surface area is 64.0 Å². The van der Waals surface area contributed by atoms with Gasteiger partial charge >= 0.3 is 0 Å². The van der Waals surface area contributed by atoms with Crippen molar-refractivity contribution in [2.45, 2.75) is 46.0 Å². The molecule has 0 aliphatic heterocycles. The largest absolute Gasteiger partial charge is 0.0649 e. The van der Waals surface area contributed by atoms with E-state index in [-0.39, 0.29) is 0 Å². The van der Waals surface area contributed by atoms with E-state index in [0.29, 0.717) is 0 Å². The van der Waals surface area contributed by atoms with Crippen LogP contribution in [-0.2, 0) is 0 Å². The fourth-order valence-electron chi connectivity index (χ4n) is 3.24. The molecule has 0 radical (unpaired) electrons. The molecule has 0 heteroatoms. The highest BCUT2D eigenvalue weighted by Crippen LogP contribution is 2.58. The first-order chi connectivity index (χ1) is 4.76. The number of rotatable bonds is 1. The summed E-state index contributed by atoms with van der Waals surface area (Å²) in [4.78, 5) is 0. The van der Waals surface area contributed by atoms with Crippen molar-refractivity contribution in [1.29, 1.82) is 0 Å². The van der Waals surface area contributed by atoms with E-state index in [0.717, 1.165) is 17.3 Å². The summed E-state index contributed by atoms with van der Waals surface area (Å²) in [5.41, 5.74) is 0.823. The van der Waals surface area contributed by atoms with Crippen LogP contribution >= 0.6 is 0 Å². The molecule has 3 atom stereocenters. The molecule has 10 heavy (non-hydrogen) atoms. The van der Waals surface area contributed by atoms with Crippen LogP contribution in [0, 0.1) is 17.3 Å². The van der Waals surface area contributed by atoms with E-state index in [1.165, 1.54) is 19.3 Å². The average molecular weight is 138 g/mol. The van der Waals surface area contributed by atoms with Crippen molar-refractivity contribution in [3.8, 4) is 0 Å². The van der Waals surface area contributed by atoms with Crippen molar-refractivity contribution < 1.29 is 0 Å². The molecule has 0 saturated heterocycles. The van der Waals surface area contributed by atoms with Gasteiger partial charge in [-0.25, -0.2) is 0 Å². The number of fused-ring (bicyclic) bond motifs is 2. The molecule has 0 aromatic carbocycles. The van der Waals surface area contributed by atoms with Gasteiger partial charge in [0.1, 0.15) is 0 Å². The van der Waals surface area contributed by atoms with Gasteiger partial charge in [0, 0.05) is 0 Å². The smallest absolute Gasteiger partial charge is 0.0295 e. The first kappa shape index (κ1) is 6.69. The standard InChI is InChI=1S/C10H18/c1-3-10-5-4-9(7-10)8(2)6-10/h8-9H,3-7H2,1-2H3. The van der Waals surface area contributed by atoms with Crippen LogP contribution in [-0.4, -0.2) is 0 Å². The molecule has 2 saturated carbocycles. The van der Waals surface area contributed by atoms with Gasteiger partial charge in [-0.3, -0.25) is 0 Å². The number of hydrogen-bond acceptors (Lipinski definition) is 0. The fraction of sp³-hybridized carbons (Fsp3) is 1.00. The Hall–Kier alpha value is 0. The van der Waals surface area contributed by atoms with Crippen LogP contribution in [0.25, 0.3) is 0 Å². The van der Waals surface area contributed by atoms with Gasteiger partial charge in [0.2, 0.25) is 0 Å². The molecule has 0 amide bonds. The minimum Gasteiger partial charge on any atom is -0.0649 e. The van der Waals surface area contributed by atoms with Crippen LogP contribution in [0.1, 0.15) is 46.0 Å². The van der Waals surface area contributed by atoms with E-state index < -0.39 is 0 Å². The zero-order valence-electron chi connectivity index (χ0n) is 7.19. The Morgan fingerprint density at radius 2 is 2.20 bits per heavy atom. The predicted octanol–water partition coefficient (Wildman–Crippen LogP) is 3.22. The molecule has 0 aromatic heterocycles. The monoisotopic (exact) mass is 138 g/mol. The third-order valence-corrected chi connectivity index (χ3v) is 4.05. The third kappa shape index (κ3) is 0.741. The third-order valence-electron chi connectivity index (χ3n) is 4.05. The van der Waals surface area contributed by atoms with Gasteiger partial charge in [0.05, 0.1) is 0 Å². The maximum atomic E-state index is 2.45. The zero-order chi connectivity index (χ0) is 7.19. The van der Waals surface area contributed by atoms with Crippen LogP contribution in [0.15, 0.2) is 0 Å². The molecule has 2 bridgehead atoms.